The minimum atomic E-state index is -3.94. The predicted molar refractivity (Wildman–Crippen MR) is 128 cm³/mol. The standard InChI is InChI=1S/C24H31N3O6S/c1-17-6-4-7-18(2)24(17)27(16-22(28)25-14-20-8-5-13-33-20)23(29)15-26-34(30,31)21-11-9-19(32-3)10-12-21/h4,6-7,9-12,20,26H,5,8,13-16H2,1-3H3,(H,25,28)/t20-/m0/s1. The van der Waals surface area contributed by atoms with Gasteiger partial charge in [-0.15, -0.1) is 0 Å². The monoisotopic (exact) mass is 489 g/mol. The largest absolute Gasteiger partial charge is 0.497 e. The molecule has 2 aromatic carbocycles. The number of nitrogens with zero attached hydrogens (tertiary/aromatic N) is 1. The third-order valence-electron chi connectivity index (χ3n) is 5.65. The van der Waals surface area contributed by atoms with Gasteiger partial charge in [0.1, 0.15) is 12.3 Å². The van der Waals surface area contributed by atoms with E-state index >= 15 is 0 Å². The number of methoxy groups -OCH3 is 1. The molecule has 3 rings (SSSR count). The van der Waals surface area contributed by atoms with Crippen LogP contribution in [0.5, 0.6) is 5.75 Å². The highest BCUT2D eigenvalue weighted by molar-refractivity contribution is 7.89. The Bertz CT molecular complexity index is 1090. The summed E-state index contributed by atoms with van der Waals surface area (Å²) in [6, 6.07) is 11.4. The smallest absolute Gasteiger partial charge is 0.242 e. The topological polar surface area (TPSA) is 114 Å². The number of rotatable bonds is 10. The number of benzene rings is 2. The van der Waals surface area contributed by atoms with Gasteiger partial charge < -0.3 is 19.7 Å². The molecule has 1 heterocycles. The zero-order valence-electron chi connectivity index (χ0n) is 19.7. The zero-order valence-corrected chi connectivity index (χ0v) is 20.5. The molecule has 2 amide bonds. The average molecular weight is 490 g/mol. The zero-order chi connectivity index (χ0) is 24.7. The van der Waals surface area contributed by atoms with Gasteiger partial charge >= 0.3 is 0 Å². The maximum Gasteiger partial charge on any atom is 0.242 e. The molecule has 1 fully saturated rings. The van der Waals surface area contributed by atoms with E-state index < -0.39 is 22.5 Å². The van der Waals surface area contributed by atoms with Crippen molar-refractivity contribution in [2.24, 2.45) is 0 Å². The van der Waals surface area contributed by atoms with Crippen LogP contribution in [0.3, 0.4) is 0 Å². The highest BCUT2D eigenvalue weighted by Gasteiger charge is 2.25. The molecule has 0 unspecified atom stereocenters. The summed E-state index contributed by atoms with van der Waals surface area (Å²) in [7, 11) is -2.45. The molecule has 184 valence electrons. The Kier molecular flexibility index (Phi) is 8.65. The Labute approximate surface area is 200 Å². The number of sulfonamides is 1. The molecule has 0 bridgehead atoms. The van der Waals surface area contributed by atoms with E-state index in [4.69, 9.17) is 9.47 Å². The molecule has 0 spiro atoms. The SMILES string of the molecule is COc1ccc(S(=O)(=O)NCC(=O)N(CC(=O)NC[C@@H]2CCCO2)c2c(C)cccc2C)cc1. The highest BCUT2D eigenvalue weighted by Crippen LogP contribution is 2.25. The van der Waals surface area contributed by atoms with Crippen LogP contribution in [0.4, 0.5) is 5.69 Å². The third-order valence-corrected chi connectivity index (χ3v) is 7.06. The Morgan fingerprint density at radius 2 is 1.79 bits per heavy atom. The maximum atomic E-state index is 13.2. The lowest BCUT2D eigenvalue weighted by molar-refractivity contribution is -0.123. The summed E-state index contributed by atoms with van der Waals surface area (Å²) in [6.45, 7) is 4.01. The number of amides is 2. The number of hydrogen-bond donors (Lipinski definition) is 2. The van der Waals surface area contributed by atoms with Gasteiger partial charge in [0.05, 0.1) is 30.3 Å². The summed E-state index contributed by atoms with van der Waals surface area (Å²) in [6.07, 6.45) is 1.82. The number of carbonyl (C=O) groups excluding carboxylic acids is 2. The molecule has 0 radical (unpaired) electrons. The first-order valence-electron chi connectivity index (χ1n) is 11.1. The third kappa shape index (κ3) is 6.55. The minimum Gasteiger partial charge on any atom is -0.497 e. The first kappa shape index (κ1) is 25.7. The molecule has 34 heavy (non-hydrogen) atoms. The van der Waals surface area contributed by atoms with Gasteiger partial charge in [0.2, 0.25) is 21.8 Å². The van der Waals surface area contributed by atoms with Gasteiger partial charge in [-0.1, -0.05) is 18.2 Å². The first-order valence-corrected chi connectivity index (χ1v) is 12.6. The van der Waals surface area contributed by atoms with E-state index in [2.05, 4.69) is 10.0 Å². The number of nitrogens with one attached hydrogen (secondary N) is 2. The molecule has 1 aliphatic rings. The van der Waals surface area contributed by atoms with Gasteiger partial charge in [-0.3, -0.25) is 9.59 Å². The molecule has 1 aliphatic heterocycles. The van der Waals surface area contributed by atoms with E-state index in [1.54, 1.807) is 0 Å². The molecule has 2 N–H and O–H groups in total. The van der Waals surface area contributed by atoms with E-state index in [1.807, 2.05) is 32.0 Å². The van der Waals surface area contributed by atoms with Crippen molar-refractivity contribution in [3.05, 3.63) is 53.6 Å². The molecule has 0 aliphatic carbocycles. The van der Waals surface area contributed by atoms with Crippen LogP contribution in [0.15, 0.2) is 47.4 Å². The summed E-state index contributed by atoms with van der Waals surface area (Å²) in [4.78, 5) is 27.2. The van der Waals surface area contributed by atoms with Crippen molar-refractivity contribution in [1.82, 2.24) is 10.0 Å². The van der Waals surface area contributed by atoms with Crippen molar-refractivity contribution in [2.75, 3.05) is 38.3 Å². The minimum absolute atomic E-state index is 0.00836. The molecule has 2 aromatic rings. The van der Waals surface area contributed by atoms with Gasteiger partial charge in [-0.25, -0.2) is 13.1 Å². The number of anilines is 1. The summed E-state index contributed by atoms with van der Waals surface area (Å²) in [5, 5.41) is 2.82. The second kappa shape index (κ2) is 11.5. The fraction of sp³-hybridized carbons (Fsp3) is 0.417. The van der Waals surface area contributed by atoms with Crippen LogP contribution in [-0.4, -0.2) is 59.7 Å². The van der Waals surface area contributed by atoms with Crippen molar-refractivity contribution in [1.29, 1.82) is 0 Å². The summed E-state index contributed by atoms with van der Waals surface area (Å²) < 4.78 is 38.3. The van der Waals surface area contributed by atoms with Gasteiger partial charge in [0.25, 0.3) is 0 Å². The Morgan fingerprint density at radius 3 is 2.38 bits per heavy atom. The fourth-order valence-electron chi connectivity index (χ4n) is 3.85. The van der Waals surface area contributed by atoms with Crippen LogP contribution in [-0.2, 0) is 24.3 Å². The molecule has 0 saturated carbocycles. The van der Waals surface area contributed by atoms with Crippen molar-refractivity contribution < 1.29 is 27.5 Å². The van der Waals surface area contributed by atoms with E-state index in [1.165, 1.54) is 36.3 Å². The van der Waals surface area contributed by atoms with Crippen LogP contribution in [0.2, 0.25) is 0 Å². The van der Waals surface area contributed by atoms with Gasteiger partial charge in [0, 0.05) is 13.2 Å². The van der Waals surface area contributed by atoms with Crippen LogP contribution < -0.4 is 19.7 Å². The lowest BCUT2D eigenvalue weighted by Gasteiger charge is -2.26. The molecule has 1 saturated heterocycles. The van der Waals surface area contributed by atoms with E-state index in [-0.39, 0.29) is 23.5 Å². The van der Waals surface area contributed by atoms with Crippen molar-refractivity contribution in [3.63, 3.8) is 0 Å². The molecular formula is C24H31N3O6S. The lowest BCUT2D eigenvalue weighted by Crippen LogP contribution is -2.46. The Hall–Kier alpha value is -2.95. The van der Waals surface area contributed by atoms with Gasteiger partial charge in [0.15, 0.2) is 0 Å². The fourth-order valence-corrected chi connectivity index (χ4v) is 4.82. The van der Waals surface area contributed by atoms with Gasteiger partial charge in [-0.2, -0.15) is 0 Å². The van der Waals surface area contributed by atoms with Crippen molar-refractivity contribution in [3.8, 4) is 5.75 Å². The molecule has 9 nitrogen and oxygen atoms in total. The number of aryl methyl sites for hydroxylation is 2. The van der Waals surface area contributed by atoms with Crippen LogP contribution in [0, 0.1) is 13.8 Å². The van der Waals surface area contributed by atoms with Crippen LogP contribution >= 0.6 is 0 Å². The quantitative estimate of drug-likeness (QED) is 0.527. The van der Waals surface area contributed by atoms with Crippen molar-refractivity contribution >= 4 is 27.5 Å². The summed E-state index contributed by atoms with van der Waals surface area (Å²) >= 11 is 0. The average Bonchev–Trinajstić information content (AvgIpc) is 3.34. The molecular weight excluding hydrogens is 458 g/mol. The number of para-hydroxylation sites is 1. The first-order chi connectivity index (χ1) is 16.2. The maximum absolute atomic E-state index is 13.2. The molecule has 0 aromatic heterocycles. The second-order valence-corrected chi connectivity index (χ2v) is 9.93. The number of carbonyl (C=O) groups is 2. The number of hydrogen-bond acceptors (Lipinski definition) is 6. The van der Waals surface area contributed by atoms with E-state index in [0.717, 1.165) is 24.0 Å². The highest BCUT2D eigenvalue weighted by atomic mass is 32.2. The normalized spacial score (nSPS) is 15.7. The summed E-state index contributed by atoms with van der Waals surface area (Å²) in [5.41, 5.74) is 2.19. The van der Waals surface area contributed by atoms with Crippen molar-refractivity contribution in [2.45, 2.75) is 37.7 Å². The Balaban J connectivity index is 1.73. The van der Waals surface area contributed by atoms with Gasteiger partial charge in [-0.05, 0) is 62.1 Å². The predicted octanol–water partition coefficient (Wildman–Crippen LogP) is 1.92. The van der Waals surface area contributed by atoms with Crippen LogP contribution in [0.1, 0.15) is 24.0 Å². The Morgan fingerprint density at radius 1 is 1.12 bits per heavy atom. The molecule has 1 atom stereocenters. The van der Waals surface area contributed by atoms with E-state index in [0.29, 0.717) is 24.6 Å². The second-order valence-electron chi connectivity index (χ2n) is 8.16. The molecule has 10 heteroatoms. The van der Waals surface area contributed by atoms with Crippen LogP contribution in [0.25, 0.3) is 0 Å². The number of ether oxygens (including phenoxy) is 2. The summed E-state index contributed by atoms with van der Waals surface area (Å²) in [5.74, 6) is -0.364. The lowest BCUT2D eigenvalue weighted by atomic mass is 10.1. The van der Waals surface area contributed by atoms with E-state index in [9.17, 15) is 18.0 Å².